The van der Waals surface area contributed by atoms with Crippen LogP contribution in [0.4, 0.5) is 30.2 Å². The van der Waals surface area contributed by atoms with Gasteiger partial charge in [-0.3, -0.25) is 24.5 Å². The van der Waals surface area contributed by atoms with Crippen LogP contribution in [0, 0.1) is 22.0 Å². The van der Waals surface area contributed by atoms with Crippen molar-refractivity contribution in [3.8, 4) is 0 Å². The van der Waals surface area contributed by atoms with Crippen LogP contribution in [0.1, 0.15) is 21.5 Å². The number of hydrogen-bond donors (Lipinski definition) is 0. The first kappa shape index (κ1) is 25.8. The molecule has 0 saturated carbocycles. The maximum Gasteiger partial charge on any atom is 0.417 e. The van der Waals surface area contributed by atoms with Crippen molar-refractivity contribution >= 4 is 52.3 Å². The molecule has 3 heterocycles. The second kappa shape index (κ2) is 9.02. The average Bonchev–Trinajstić information content (AvgIpc) is 3.40. The summed E-state index contributed by atoms with van der Waals surface area (Å²) in [5.74, 6) is -4.56. The third-order valence-electron chi connectivity index (χ3n) is 7.54. The van der Waals surface area contributed by atoms with Crippen LogP contribution < -0.4 is 9.80 Å². The number of amides is 2. The summed E-state index contributed by atoms with van der Waals surface area (Å²) in [4.78, 5) is 54.8. The first-order chi connectivity index (χ1) is 19.0. The first-order valence-electron chi connectivity index (χ1n) is 12.1. The Bertz CT molecular complexity index is 1660. The van der Waals surface area contributed by atoms with Crippen molar-refractivity contribution in [3.63, 3.8) is 0 Å². The number of anilines is 2. The highest BCUT2D eigenvalue weighted by atomic mass is 35.5. The van der Waals surface area contributed by atoms with Gasteiger partial charge in [-0.1, -0.05) is 54.1 Å². The van der Waals surface area contributed by atoms with E-state index in [1.54, 1.807) is 41.3 Å². The van der Waals surface area contributed by atoms with E-state index in [-0.39, 0.29) is 16.9 Å². The molecule has 40 heavy (non-hydrogen) atoms. The number of nitro benzene ring substituents is 1. The molecular formula is C28H17ClF3N3O5. The monoisotopic (exact) mass is 567 g/mol. The largest absolute Gasteiger partial charge is 0.417 e. The summed E-state index contributed by atoms with van der Waals surface area (Å²) in [7, 11) is 0. The molecule has 3 aliphatic rings. The number of para-hydroxylation sites is 1. The molecule has 2 fully saturated rings. The van der Waals surface area contributed by atoms with E-state index < -0.39 is 63.2 Å². The normalized spacial score (nSPS) is 23.2. The number of benzene rings is 3. The summed E-state index contributed by atoms with van der Waals surface area (Å²) in [5.41, 5.74) is -0.551. The Labute approximate surface area is 229 Å². The van der Waals surface area contributed by atoms with Crippen LogP contribution in [-0.2, 0) is 15.8 Å². The highest BCUT2D eigenvalue weighted by Crippen LogP contribution is 2.50. The van der Waals surface area contributed by atoms with Crippen LogP contribution in [0.15, 0.2) is 72.8 Å². The molecule has 3 aliphatic heterocycles. The smallest absolute Gasteiger partial charge is 0.352 e. The van der Waals surface area contributed by atoms with Crippen LogP contribution in [0.25, 0.3) is 6.08 Å². The van der Waals surface area contributed by atoms with Crippen LogP contribution in [0.2, 0.25) is 5.02 Å². The van der Waals surface area contributed by atoms with E-state index in [9.17, 15) is 37.7 Å². The van der Waals surface area contributed by atoms with Crippen molar-refractivity contribution in [3.05, 3.63) is 105 Å². The van der Waals surface area contributed by atoms with E-state index in [1.165, 1.54) is 18.2 Å². The van der Waals surface area contributed by atoms with Crippen LogP contribution >= 0.6 is 11.6 Å². The number of carbonyl (C=O) groups excluding carboxylic acids is 3. The van der Waals surface area contributed by atoms with Gasteiger partial charge in [-0.05, 0) is 29.8 Å². The molecular weight excluding hydrogens is 551 g/mol. The number of halogens is 4. The topological polar surface area (TPSA) is 101 Å². The number of imide groups is 1. The molecule has 3 aromatic rings. The Morgan fingerprint density at radius 3 is 2.40 bits per heavy atom. The second-order valence-electron chi connectivity index (χ2n) is 9.66. The third kappa shape index (κ3) is 3.80. The summed E-state index contributed by atoms with van der Waals surface area (Å²) in [6.07, 6.45) is -1.38. The van der Waals surface area contributed by atoms with Crippen LogP contribution in [0.3, 0.4) is 0 Å². The fraction of sp³-hybridized carbons (Fsp3) is 0.179. The minimum atomic E-state index is -4.83. The van der Waals surface area contributed by atoms with Crippen LogP contribution in [0.5, 0.6) is 0 Å². The van der Waals surface area contributed by atoms with Crippen molar-refractivity contribution in [2.24, 2.45) is 11.8 Å². The van der Waals surface area contributed by atoms with Crippen LogP contribution in [-0.4, -0.2) is 34.6 Å². The molecule has 8 nitrogen and oxygen atoms in total. The highest BCUT2D eigenvalue weighted by Gasteiger charge is 2.64. The van der Waals surface area contributed by atoms with Gasteiger partial charge in [0.1, 0.15) is 6.04 Å². The lowest BCUT2D eigenvalue weighted by Crippen LogP contribution is -2.48. The van der Waals surface area contributed by atoms with Gasteiger partial charge in [0.25, 0.3) is 5.69 Å². The molecule has 12 heteroatoms. The van der Waals surface area contributed by atoms with Gasteiger partial charge in [0.2, 0.25) is 11.8 Å². The zero-order valence-electron chi connectivity index (χ0n) is 20.2. The molecule has 0 unspecified atom stereocenters. The quantitative estimate of drug-likeness (QED) is 0.178. The Morgan fingerprint density at radius 2 is 1.68 bits per heavy atom. The van der Waals surface area contributed by atoms with E-state index in [1.807, 2.05) is 0 Å². The van der Waals surface area contributed by atoms with E-state index >= 15 is 0 Å². The summed E-state index contributed by atoms with van der Waals surface area (Å²) < 4.78 is 40.7. The zero-order chi connectivity index (χ0) is 28.5. The SMILES string of the molecule is O=C(c1cccc([N+](=O)[O-])c1)[C@@H]1[C@H]2C(=O)N(c3ccc(Cl)c(C(F)(F)F)c3)C(=O)[C@@H]2[C@@H]2C=Cc3ccccc3N12. The lowest BCUT2D eigenvalue weighted by molar-refractivity contribution is -0.384. The Morgan fingerprint density at radius 1 is 0.950 bits per heavy atom. The van der Waals surface area contributed by atoms with Gasteiger partial charge in [0, 0.05) is 23.4 Å². The molecule has 0 aromatic heterocycles. The molecule has 2 amide bonds. The van der Waals surface area contributed by atoms with E-state index in [4.69, 9.17) is 11.6 Å². The van der Waals surface area contributed by atoms with Crippen molar-refractivity contribution in [1.82, 2.24) is 0 Å². The van der Waals surface area contributed by atoms with Gasteiger partial charge in [-0.15, -0.1) is 0 Å². The molecule has 0 spiro atoms. The third-order valence-corrected chi connectivity index (χ3v) is 7.87. The number of rotatable bonds is 4. The van der Waals surface area contributed by atoms with E-state index in [2.05, 4.69) is 0 Å². The average molecular weight is 568 g/mol. The Hall–Kier alpha value is -4.51. The maximum absolute atomic E-state index is 14.0. The van der Waals surface area contributed by atoms with Crippen molar-refractivity contribution in [2.75, 3.05) is 9.80 Å². The van der Waals surface area contributed by atoms with E-state index in [0.717, 1.165) is 23.8 Å². The standard InChI is InChI=1S/C28H17ClF3N3O5/c29-19-10-9-16(13-18(19)28(30,31)32)33-26(37)22-21-11-8-14-4-1-2-7-20(14)34(21)24(23(22)27(33)38)25(36)15-5-3-6-17(12-15)35(39)40/h1-13,21-24H/t21-,22+,23-,24-/m0/s1. The molecule has 6 rings (SSSR count). The molecule has 2 saturated heterocycles. The molecule has 3 aromatic carbocycles. The lowest BCUT2D eigenvalue weighted by Gasteiger charge is -2.36. The molecule has 0 bridgehead atoms. The summed E-state index contributed by atoms with van der Waals surface area (Å²) in [6.45, 7) is 0. The summed E-state index contributed by atoms with van der Waals surface area (Å²) >= 11 is 5.75. The van der Waals surface area contributed by atoms with Gasteiger partial charge in [0.15, 0.2) is 5.78 Å². The first-order valence-corrected chi connectivity index (χ1v) is 12.5. The summed E-state index contributed by atoms with van der Waals surface area (Å²) in [5, 5.41) is 10.8. The number of nitro groups is 1. The van der Waals surface area contributed by atoms with E-state index in [0.29, 0.717) is 16.7 Å². The van der Waals surface area contributed by atoms with Crippen molar-refractivity contribution < 1.29 is 32.5 Å². The Balaban J connectivity index is 1.49. The highest BCUT2D eigenvalue weighted by molar-refractivity contribution is 6.32. The van der Waals surface area contributed by atoms with Gasteiger partial charge < -0.3 is 4.90 Å². The second-order valence-corrected chi connectivity index (χ2v) is 10.1. The molecule has 0 radical (unpaired) electrons. The number of carbonyl (C=O) groups is 3. The number of non-ortho nitro benzene ring substituents is 1. The number of nitrogens with zero attached hydrogens (tertiary/aromatic N) is 3. The molecule has 0 aliphatic carbocycles. The Kier molecular flexibility index (Phi) is 5.81. The van der Waals surface area contributed by atoms with Crippen molar-refractivity contribution in [1.29, 1.82) is 0 Å². The molecule has 0 N–H and O–H groups in total. The number of Topliss-reactive ketones (excluding diaryl/α,β-unsaturated/α-hetero) is 1. The predicted molar refractivity (Wildman–Crippen MR) is 139 cm³/mol. The van der Waals surface area contributed by atoms with Gasteiger partial charge in [-0.2, -0.15) is 13.2 Å². The fourth-order valence-electron chi connectivity index (χ4n) is 5.88. The minimum Gasteiger partial charge on any atom is -0.352 e. The number of fused-ring (bicyclic) bond motifs is 5. The molecule has 202 valence electrons. The maximum atomic E-state index is 14.0. The zero-order valence-corrected chi connectivity index (χ0v) is 21.0. The fourth-order valence-corrected chi connectivity index (χ4v) is 6.11. The minimum absolute atomic E-state index is 0.0322. The number of hydrogen-bond acceptors (Lipinski definition) is 6. The van der Waals surface area contributed by atoms with Gasteiger partial charge in [-0.25, -0.2) is 4.90 Å². The van der Waals surface area contributed by atoms with Gasteiger partial charge in [0.05, 0.1) is 39.1 Å². The molecule has 4 atom stereocenters. The van der Waals surface area contributed by atoms with Gasteiger partial charge >= 0.3 is 6.18 Å². The number of ketones is 1. The predicted octanol–water partition coefficient (Wildman–Crippen LogP) is 5.54. The summed E-state index contributed by atoms with van der Waals surface area (Å²) in [6, 6.07) is 12.9. The number of alkyl halides is 3. The van der Waals surface area contributed by atoms with Crippen molar-refractivity contribution in [2.45, 2.75) is 18.3 Å². The lowest BCUT2D eigenvalue weighted by atomic mass is 9.86.